The molecule has 0 bridgehead atoms. The number of aliphatic hydroxyl groups excluding tert-OH is 1. The molecule has 5 aliphatic rings. The van der Waals surface area contributed by atoms with E-state index in [1.54, 1.807) is 0 Å². The van der Waals surface area contributed by atoms with Gasteiger partial charge in [-0.2, -0.15) is 0 Å². The van der Waals surface area contributed by atoms with E-state index in [1.165, 1.54) is 11.1 Å². The summed E-state index contributed by atoms with van der Waals surface area (Å²) in [6.07, 6.45) is 7.36. The van der Waals surface area contributed by atoms with Crippen LogP contribution in [0.25, 0.3) is 0 Å². The molecule has 9 nitrogen and oxygen atoms in total. The third-order valence-corrected chi connectivity index (χ3v) is 12.6. The lowest BCUT2D eigenvalue weighted by molar-refractivity contribution is -0.200. The Hall–Kier alpha value is -2.88. The van der Waals surface area contributed by atoms with Gasteiger partial charge < -0.3 is 29.7 Å². The number of phosphoric acid groups is 1. The average molecular weight is 690 g/mol. The molecule has 3 saturated carbocycles. The van der Waals surface area contributed by atoms with Crippen molar-refractivity contribution in [3.05, 3.63) is 101 Å². The SMILES string of the molecule is C=C1C=C[C@@]2(C)C(=C1)CC[C@@H]1[C@@H]2[C@@H](O)C[C@@]2(C)[C@H]1C[C@H]1O[C@@H](c3ccc(Cc4cccc(NC(C)C)c4)cc3)O[C@]12C(=O)COP(=O)(O)O. The first-order chi connectivity index (χ1) is 23.1. The molecule has 0 amide bonds. The molecule has 49 heavy (non-hydrogen) atoms. The molecule has 1 heterocycles. The maximum Gasteiger partial charge on any atom is 0.470 e. The predicted molar refractivity (Wildman–Crippen MR) is 186 cm³/mol. The molecule has 0 unspecified atom stereocenters. The first-order valence-corrected chi connectivity index (χ1v) is 18.9. The first-order valence-electron chi connectivity index (χ1n) is 17.4. The number of ether oxygens (including phenoxy) is 2. The molecule has 4 fully saturated rings. The Labute approximate surface area is 288 Å². The number of ketones is 1. The fraction of sp³-hybridized carbons (Fsp3) is 0.513. The zero-order valence-electron chi connectivity index (χ0n) is 28.7. The van der Waals surface area contributed by atoms with Crippen LogP contribution < -0.4 is 5.32 Å². The summed E-state index contributed by atoms with van der Waals surface area (Å²) in [6.45, 7) is 11.7. The van der Waals surface area contributed by atoms with Crippen LogP contribution >= 0.6 is 7.82 Å². The Kier molecular flexibility index (Phi) is 8.76. The fourth-order valence-corrected chi connectivity index (χ4v) is 10.5. The van der Waals surface area contributed by atoms with Gasteiger partial charge in [0.1, 0.15) is 6.61 Å². The molecule has 10 heteroatoms. The van der Waals surface area contributed by atoms with Gasteiger partial charge in [0.05, 0.1) is 12.2 Å². The van der Waals surface area contributed by atoms with E-state index < -0.39 is 49.7 Å². The second kappa shape index (κ2) is 12.4. The lowest BCUT2D eigenvalue weighted by atomic mass is 9.46. The van der Waals surface area contributed by atoms with E-state index in [0.717, 1.165) is 41.6 Å². The highest BCUT2D eigenvalue weighted by Gasteiger charge is 2.76. The number of hydrogen-bond donors (Lipinski definition) is 4. The Bertz CT molecular complexity index is 1750. The quantitative estimate of drug-likeness (QED) is 0.210. The van der Waals surface area contributed by atoms with Crippen molar-refractivity contribution in [2.45, 2.75) is 89.9 Å². The minimum absolute atomic E-state index is 0.0221. The van der Waals surface area contributed by atoms with Crippen molar-refractivity contribution in [1.82, 2.24) is 0 Å². The van der Waals surface area contributed by atoms with Crippen LogP contribution in [0.2, 0.25) is 0 Å². The monoisotopic (exact) mass is 689 g/mol. The second-order valence-electron chi connectivity index (χ2n) is 15.5. The van der Waals surface area contributed by atoms with Gasteiger partial charge in [-0.3, -0.25) is 9.32 Å². The van der Waals surface area contributed by atoms with Crippen LogP contribution in [0.15, 0.2) is 84.5 Å². The van der Waals surface area contributed by atoms with Gasteiger partial charge in [-0.15, -0.1) is 0 Å². The molecule has 1 saturated heterocycles. The molecule has 0 aromatic heterocycles. The van der Waals surface area contributed by atoms with Gasteiger partial charge in [0.2, 0.25) is 0 Å². The van der Waals surface area contributed by atoms with Gasteiger partial charge >= 0.3 is 7.82 Å². The number of carbonyl (C=O) groups is 1. The summed E-state index contributed by atoms with van der Waals surface area (Å²) in [4.78, 5) is 33.3. The molecule has 4 aliphatic carbocycles. The third-order valence-electron chi connectivity index (χ3n) is 12.1. The highest BCUT2D eigenvalue weighted by atomic mass is 31.2. The number of hydrogen-bond acceptors (Lipinski definition) is 7. The predicted octanol–water partition coefficient (Wildman–Crippen LogP) is 6.80. The molecule has 0 spiro atoms. The molecule has 4 N–H and O–H groups in total. The van der Waals surface area contributed by atoms with Crippen molar-refractivity contribution in [2.24, 2.45) is 28.6 Å². The molecule has 2 aromatic carbocycles. The third kappa shape index (κ3) is 5.91. The van der Waals surface area contributed by atoms with E-state index in [4.69, 9.17) is 14.0 Å². The smallest absolute Gasteiger partial charge is 0.393 e. The average Bonchev–Trinajstić information content (AvgIpc) is 3.53. The summed E-state index contributed by atoms with van der Waals surface area (Å²) in [7, 11) is -4.93. The standard InChI is InChI=1S/C39H48NO8P/c1-23(2)40-29-8-6-7-26(19-29)18-25-9-11-27(12-10-25)36-47-34-20-31-30-14-13-28-17-24(3)15-16-37(28,4)35(30)32(41)21-38(31,5)39(34,48-36)33(42)22-46-49(43,44)45/h6-12,15-17,19,23,30-32,34-36,40-41H,3,13-14,18,20-22H2,1-2,4-5H3,(H2,43,44,45)/t30-,31-,32-,34+,35+,36+,37-,38-,39+/m0/s1. The lowest BCUT2D eigenvalue weighted by Gasteiger charge is -2.59. The number of carbonyl (C=O) groups excluding carboxylic acids is 1. The van der Waals surface area contributed by atoms with Crippen molar-refractivity contribution in [2.75, 3.05) is 11.9 Å². The highest BCUT2D eigenvalue weighted by molar-refractivity contribution is 7.46. The summed E-state index contributed by atoms with van der Waals surface area (Å²) in [6, 6.07) is 16.7. The summed E-state index contributed by atoms with van der Waals surface area (Å²) in [5.41, 5.74) is 3.59. The summed E-state index contributed by atoms with van der Waals surface area (Å²) >= 11 is 0. The molecule has 2 aromatic rings. The van der Waals surface area contributed by atoms with E-state index in [-0.39, 0.29) is 29.6 Å². The van der Waals surface area contributed by atoms with Crippen LogP contribution in [0.5, 0.6) is 0 Å². The molecular formula is C39H48NO8P. The van der Waals surface area contributed by atoms with Crippen LogP contribution in [-0.4, -0.2) is 51.1 Å². The van der Waals surface area contributed by atoms with Crippen molar-refractivity contribution in [1.29, 1.82) is 0 Å². The zero-order valence-corrected chi connectivity index (χ0v) is 29.6. The van der Waals surface area contributed by atoms with Crippen molar-refractivity contribution in [3.63, 3.8) is 0 Å². The molecule has 7 rings (SSSR count). The molecule has 1 aliphatic heterocycles. The lowest BCUT2D eigenvalue weighted by Crippen LogP contribution is -2.63. The van der Waals surface area contributed by atoms with Crippen LogP contribution in [-0.2, 0) is 29.8 Å². The van der Waals surface area contributed by atoms with Gasteiger partial charge in [-0.05, 0) is 86.6 Å². The molecular weight excluding hydrogens is 641 g/mol. The van der Waals surface area contributed by atoms with Gasteiger partial charge in [-0.25, -0.2) is 4.57 Å². The van der Waals surface area contributed by atoms with Crippen LogP contribution in [0.3, 0.4) is 0 Å². The minimum atomic E-state index is -4.93. The van der Waals surface area contributed by atoms with Gasteiger partial charge in [0.25, 0.3) is 0 Å². The molecule has 262 valence electrons. The Morgan fingerprint density at radius 1 is 1.14 bits per heavy atom. The van der Waals surface area contributed by atoms with E-state index in [0.29, 0.717) is 12.5 Å². The Morgan fingerprint density at radius 2 is 1.90 bits per heavy atom. The van der Waals surface area contributed by atoms with Crippen molar-refractivity contribution in [3.8, 4) is 0 Å². The van der Waals surface area contributed by atoms with Gasteiger partial charge in [0.15, 0.2) is 17.7 Å². The number of rotatable bonds is 9. The van der Waals surface area contributed by atoms with E-state index in [9.17, 15) is 24.3 Å². The van der Waals surface area contributed by atoms with E-state index >= 15 is 0 Å². The minimum Gasteiger partial charge on any atom is -0.393 e. The largest absolute Gasteiger partial charge is 0.470 e. The number of aliphatic hydroxyl groups is 1. The van der Waals surface area contributed by atoms with Crippen molar-refractivity contribution >= 4 is 19.3 Å². The number of phosphoric ester groups is 1. The maximum absolute atomic E-state index is 14.3. The highest BCUT2D eigenvalue weighted by Crippen LogP contribution is 2.70. The Morgan fingerprint density at radius 3 is 2.61 bits per heavy atom. The number of Topliss-reactive ketones (excluding diaryl/α,β-unsaturated/α-hetero) is 1. The normalized spacial score (nSPS) is 36.5. The molecule has 9 atom stereocenters. The maximum atomic E-state index is 14.3. The van der Waals surface area contributed by atoms with E-state index in [1.807, 2.05) is 43.3 Å². The van der Waals surface area contributed by atoms with Crippen LogP contribution in [0.1, 0.15) is 76.4 Å². The summed E-state index contributed by atoms with van der Waals surface area (Å²) in [5.74, 6) is -0.561. The summed E-state index contributed by atoms with van der Waals surface area (Å²) in [5, 5.41) is 15.5. The number of benzene rings is 2. The number of anilines is 1. The number of fused-ring (bicyclic) bond motifs is 7. The molecule has 0 radical (unpaired) electrons. The van der Waals surface area contributed by atoms with E-state index in [2.05, 4.69) is 63.0 Å². The topological polar surface area (TPSA) is 135 Å². The second-order valence-corrected chi connectivity index (χ2v) is 16.8. The van der Waals surface area contributed by atoms with Crippen LogP contribution in [0.4, 0.5) is 5.69 Å². The van der Waals surface area contributed by atoms with Gasteiger partial charge in [0, 0.05) is 34.0 Å². The van der Waals surface area contributed by atoms with Crippen LogP contribution in [0, 0.1) is 28.6 Å². The summed E-state index contributed by atoms with van der Waals surface area (Å²) < 4.78 is 29.9. The Balaban J connectivity index is 1.17. The number of nitrogens with one attached hydrogen (secondary N) is 1. The first kappa shape index (κ1) is 34.6. The zero-order chi connectivity index (χ0) is 34.9. The van der Waals surface area contributed by atoms with Crippen molar-refractivity contribution < 1.29 is 38.3 Å². The number of allylic oxidation sites excluding steroid dienone is 5. The fourth-order valence-electron chi connectivity index (χ4n) is 10.2. The van der Waals surface area contributed by atoms with Gasteiger partial charge in [-0.1, -0.05) is 80.6 Å².